The van der Waals surface area contributed by atoms with Gasteiger partial charge in [-0.15, -0.1) is 11.3 Å². The largest absolute Gasteiger partial charge is 0.309 e. The second-order valence-electron chi connectivity index (χ2n) is 10.0. The van der Waals surface area contributed by atoms with Crippen LogP contribution >= 0.6 is 11.3 Å². The zero-order valence-electron chi connectivity index (χ0n) is 51.4. The van der Waals surface area contributed by atoms with Crippen molar-refractivity contribution in [3.8, 4) is 5.69 Å². The van der Waals surface area contributed by atoms with E-state index in [1.807, 2.05) is 0 Å². The molecule has 0 bridgehead atoms. The summed E-state index contributed by atoms with van der Waals surface area (Å²) in [5.74, 6) is 0. The molecule has 3 heteroatoms. The average Bonchev–Trinajstić information content (AvgIpc) is 3.94. The SMILES string of the molecule is [2H]c1c([2H])c([2H])c([Si](c2c([2H])c([2H])c([2H])c([2H])c2[2H])(c2c([2H])c([2H])c([2H])c(-n3c4c([2H])c([2H])c([2H])c([2H])c4c4c(C)c([2H])c([2H])c([2H])c43)c2[2H])c2c([2H])c([2H])c([2H])c3c2sc2c([2H])c([2H])c([2H])c([2H])c23)c([2H])c1[2H]. The van der Waals surface area contributed by atoms with Gasteiger partial charge in [0.2, 0.25) is 0 Å². The number of nitrogens with zero attached hydrogens (tertiary/aromatic N) is 1. The van der Waals surface area contributed by atoms with Crippen molar-refractivity contribution in [1.29, 1.82) is 0 Å². The molecule has 9 rings (SSSR count). The van der Waals surface area contributed by atoms with Crippen molar-refractivity contribution in [1.82, 2.24) is 4.57 Å². The zero-order chi connectivity index (χ0) is 55.0. The lowest BCUT2D eigenvalue weighted by atomic mass is 10.1. The summed E-state index contributed by atoms with van der Waals surface area (Å²) in [6, 6.07) is -28.3. The van der Waals surface area contributed by atoms with E-state index in [-0.39, 0.29) is 15.6 Å². The minimum absolute atomic E-state index is 0.128. The van der Waals surface area contributed by atoms with Gasteiger partial charge in [0.15, 0.2) is 8.07 Å². The number of thiophene rings is 1. The van der Waals surface area contributed by atoms with Crippen molar-refractivity contribution < 1.29 is 38.4 Å². The molecule has 0 saturated heterocycles. The lowest BCUT2D eigenvalue weighted by Crippen LogP contribution is -2.74. The fraction of sp³-hybridized carbons (Fsp3) is 0.0233. The molecule has 0 atom stereocenters. The minimum atomic E-state index is -6.40. The Morgan fingerprint density at radius 3 is 1.89 bits per heavy atom. The molecule has 0 unspecified atom stereocenters. The molecule has 0 spiro atoms. The third-order valence-electron chi connectivity index (χ3n) is 7.68. The Morgan fingerprint density at radius 1 is 0.522 bits per heavy atom. The van der Waals surface area contributed by atoms with Crippen molar-refractivity contribution >= 4 is 82.1 Å². The number of aromatic nitrogens is 1. The summed E-state index contributed by atoms with van der Waals surface area (Å²) in [5.41, 5.74) is -2.26. The molecular weight excluding hydrogens is 591 g/mol. The maximum atomic E-state index is 10.5. The standard InChI is InChI=1S/C43H31NSSi/c1-30-15-12-26-39-42(30)37-23-8-10-25-38(37)44(39)31-16-13-21-34(29-31)46(32-17-4-2-5-18-32,33-19-6-3-7-20-33)41-28-14-24-36-35-22-9-11-27-40(35)45-43(36)41/h2-29H,1H3/i2D,3D,4D,5D,6D,7D,8D,9D,10D,11D,12D,13D,14D,15D,16D,17D,18D,19D,20D,21D,22D,23D,24D,25D,26D,27D,28D,29D. The van der Waals surface area contributed by atoms with Crippen molar-refractivity contribution in [2.75, 3.05) is 0 Å². The first-order valence-electron chi connectivity index (χ1n) is 27.6. The van der Waals surface area contributed by atoms with Gasteiger partial charge in [0.25, 0.3) is 0 Å². The minimum Gasteiger partial charge on any atom is -0.309 e. The van der Waals surface area contributed by atoms with Gasteiger partial charge >= 0.3 is 0 Å². The highest BCUT2D eigenvalue weighted by molar-refractivity contribution is 7.30. The number of fused-ring (bicyclic) bond motifs is 6. The Labute approximate surface area is 313 Å². The number of aryl methyl sites for hydroxylation is 1. The lowest BCUT2D eigenvalue weighted by Gasteiger charge is -2.35. The van der Waals surface area contributed by atoms with Crippen molar-refractivity contribution in [3.63, 3.8) is 0 Å². The Hall–Kier alpha value is -5.22. The van der Waals surface area contributed by atoms with Gasteiger partial charge in [-0.2, -0.15) is 0 Å². The van der Waals surface area contributed by atoms with Crippen LogP contribution < -0.4 is 20.7 Å². The number of para-hydroxylation sites is 1. The second-order valence-corrected chi connectivity index (χ2v) is 14.5. The summed E-state index contributed by atoms with van der Waals surface area (Å²) in [4.78, 5) is 0. The second kappa shape index (κ2) is 10.7. The van der Waals surface area contributed by atoms with Crippen LogP contribution in [0.3, 0.4) is 0 Å². The molecule has 0 radical (unpaired) electrons. The van der Waals surface area contributed by atoms with Gasteiger partial charge < -0.3 is 4.57 Å². The van der Waals surface area contributed by atoms with Gasteiger partial charge in [0.1, 0.15) is 0 Å². The smallest absolute Gasteiger partial charge is 0.181 e. The van der Waals surface area contributed by atoms with Crippen LogP contribution in [0.25, 0.3) is 47.7 Å². The third kappa shape index (κ3) is 3.92. The van der Waals surface area contributed by atoms with Crippen LogP contribution in [0.2, 0.25) is 0 Å². The van der Waals surface area contributed by atoms with Gasteiger partial charge in [-0.25, -0.2) is 0 Å². The monoisotopic (exact) mass is 649 g/mol. The Morgan fingerprint density at radius 2 is 1.11 bits per heavy atom. The van der Waals surface area contributed by atoms with E-state index in [1.165, 1.54) is 6.92 Å². The molecule has 1 nitrogen and oxygen atoms in total. The molecule has 0 amide bonds. The summed E-state index contributed by atoms with van der Waals surface area (Å²) in [7, 11) is -6.40. The molecule has 46 heavy (non-hydrogen) atoms. The highest BCUT2D eigenvalue weighted by atomic mass is 32.1. The molecular formula is C43H31NSSi. The van der Waals surface area contributed by atoms with E-state index < -0.39 is 236 Å². The van der Waals surface area contributed by atoms with Crippen LogP contribution in [-0.4, -0.2) is 12.6 Å². The Kier molecular flexibility index (Phi) is 2.55. The van der Waals surface area contributed by atoms with Gasteiger partial charge in [-0.3, -0.25) is 0 Å². The van der Waals surface area contributed by atoms with Gasteiger partial charge in [-0.05, 0) is 63.4 Å². The van der Waals surface area contributed by atoms with Crippen LogP contribution in [0.4, 0.5) is 0 Å². The first kappa shape index (κ1) is 10.9. The van der Waals surface area contributed by atoms with Crippen molar-refractivity contribution in [2.24, 2.45) is 0 Å². The summed E-state index contributed by atoms with van der Waals surface area (Å²) in [5, 5.41) is -5.72. The fourth-order valence-corrected chi connectivity index (χ4v) is 11.2. The van der Waals surface area contributed by atoms with E-state index in [0.717, 1.165) is 4.57 Å². The molecule has 0 N–H and O–H groups in total. The van der Waals surface area contributed by atoms with E-state index in [4.69, 9.17) is 20.6 Å². The van der Waals surface area contributed by atoms with Crippen molar-refractivity contribution in [2.45, 2.75) is 6.92 Å². The van der Waals surface area contributed by atoms with Crippen LogP contribution in [0.15, 0.2) is 169 Å². The first-order valence-corrected chi connectivity index (χ1v) is 16.4. The van der Waals surface area contributed by atoms with Gasteiger partial charge in [0.05, 0.1) is 49.4 Å². The third-order valence-corrected chi connectivity index (χ3v) is 13.1. The Bertz CT molecular complexity index is 3940. The van der Waals surface area contributed by atoms with Crippen LogP contribution in [0.5, 0.6) is 0 Å². The van der Waals surface area contributed by atoms with E-state index in [1.54, 1.807) is 0 Å². The number of benzene rings is 7. The summed E-state index contributed by atoms with van der Waals surface area (Å²) in [6.07, 6.45) is 0. The molecule has 0 aliphatic carbocycles. The van der Waals surface area contributed by atoms with Gasteiger partial charge in [-0.1, -0.05) is 139 Å². The molecule has 218 valence electrons. The number of hydrogen-bond donors (Lipinski definition) is 0. The molecule has 0 aliphatic rings. The predicted molar refractivity (Wildman–Crippen MR) is 202 cm³/mol. The predicted octanol–water partition coefficient (Wildman–Crippen LogP) is 8.84. The maximum absolute atomic E-state index is 10.5. The van der Waals surface area contributed by atoms with E-state index >= 15 is 0 Å². The quantitative estimate of drug-likeness (QED) is 0.130. The fourth-order valence-electron chi connectivity index (χ4n) is 5.80. The van der Waals surface area contributed by atoms with E-state index in [2.05, 4.69) is 0 Å². The highest BCUT2D eigenvalue weighted by Crippen LogP contribution is 2.35. The zero-order valence-corrected chi connectivity index (χ0v) is 25.2. The summed E-state index contributed by atoms with van der Waals surface area (Å²) < 4.78 is 258. The van der Waals surface area contributed by atoms with Crippen LogP contribution in [0, 0.1) is 6.92 Å². The molecule has 0 saturated carbocycles. The molecule has 2 heterocycles. The van der Waals surface area contributed by atoms with Crippen LogP contribution in [-0.2, 0) is 0 Å². The summed E-state index contributed by atoms with van der Waals surface area (Å²) in [6.45, 7) is 1.30. The molecule has 9 aromatic rings. The van der Waals surface area contributed by atoms with E-state index in [9.17, 15) is 17.8 Å². The Balaban J connectivity index is 1.75. The molecule has 0 fully saturated rings. The summed E-state index contributed by atoms with van der Waals surface area (Å²) >= 11 is 0.419. The number of rotatable bonds is 5. The average molecular weight is 650 g/mol. The number of hydrogen-bond acceptors (Lipinski definition) is 1. The van der Waals surface area contributed by atoms with Crippen molar-refractivity contribution in [3.05, 3.63) is 175 Å². The molecule has 7 aromatic carbocycles. The molecule has 0 aliphatic heterocycles. The lowest BCUT2D eigenvalue weighted by molar-refractivity contribution is 1.18. The van der Waals surface area contributed by atoms with Gasteiger partial charge in [0, 0.05) is 36.6 Å². The van der Waals surface area contributed by atoms with Crippen LogP contribution in [0.1, 0.15) is 43.9 Å². The van der Waals surface area contributed by atoms with E-state index in [0.29, 0.717) is 11.3 Å². The normalized spacial score (nSPS) is 20.5. The maximum Gasteiger partial charge on any atom is 0.181 e. The topological polar surface area (TPSA) is 4.93 Å². The molecule has 2 aromatic heterocycles. The highest BCUT2D eigenvalue weighted by Gasteiger charge is 2.43. The first-order chi connectivity index (χ1) is 34.4.